The number of aromatic carboxylic acids is 1. The van der Waals surface area contributed by atoms with Crippen LogP contribution in [0.3, 0.4) is 0 Å². The lowest BCUT2D eigenvalue weighted by atomic mass is 9.97. The van der Waals surface area contributed by atoms with Crippen LogP contribution in [0.1, 0.15) is 44.3 Å². The molecule has 6 heteroatoms. The number of carboxylic acid groups (broad SMARTS) is 1. The molecule has 5 nitrogen and oxygen atoms in total. The topological polar surface area (TPSA) is 63.5 Å². The molecule has 0 unspecified atom stereocenters. The summed E-state index contributed by atoms with van der Waals surface area (Å²) in [5.41, 5.74) is 7.55. The molecule has 0 aliphatic heterocycles. The molecule has 0 saturated heterocycles. The van der Waals surface area contributed by atoms with E-state index in [1.807, 2.05) is 12.1 Å². The fraction of sp³-hybridized carbons (Fsp3) is 0.175. The number of ether oxygens (including phenoxy) is 1. The molecule has 0 fully saturated rings. The second-order valence-corrected chi connectivity index (χ2v) is 11.8. The van der Waals surface area contributed by atoms with Gasteiger partial charge in [-0.2, -0.15) is 0 Å². The SMILES string of the molecule is O=C(O)c1ccc(OCCc2c(CCNCCc3ccccc3)n(C(c3ccccc3)c3ccccc3)c3ccc(Cl)cc23)cc1. The van der Waals surface area contributed by atoms with Crippen LogP contribution >= 0.6 is 11.6 Å². The van der Waals surface area contributed by atoms with Gasteiger partial charge in [0.1, 0.15) is 5.75 Å². The maximum atomic E-state index is 11.3. The number of hydrogen-bond acceptors (Lipinski definition) is 3. The first kappa shape index (κ1) is 31.2. The fourth-order valence-corrected chi connectivity index (χ4v) is 6.36. The molecule has 6 rings (SSSR count). The molecule has 6 aromatic rings. The average molecular weight is 629 g/mol. The molecule has 0 amide bonds. The Hall–Kier alpha value is -4.84. The monoisotopic (exact) mass is 628 g/mol. The number of fused-ring (bicyclic) bond motifs is 1. The molecule has 0 spiro atoms. The molecule has 0 aliphatic carbocycles. The summed E-state index contributed by atoms with van der Waals surface area (Å²) in [6.07, 6.45) is 2.46. The van der Waals surface area contributed by atoms with Crippen LogP contribution in [-0.4, -0.2) is 35.3 Å². The number of nitrogens with one attached hydrogen (secondary N) is 1. The summed E-state index contributed by atoms with van der Waals surface area (Å²) in [6, 6.07) is 44.6. The van der Waals surface area contributed by atoms with Gasteiger partial charge in [0.05, 0.1) is 18.2 Å². The van der Waals surface area contributed by atoms with Gasteiger partial charge in [-0.05, 0) is 77.7 Å². The van der Waals surface area contributed by atoms with Gasteiger partial charge < -0.3 is 19.7 Å². The first-order valence-electron chi connectivity index (χ1n) is 15.7. The highest BCUT2D eigenvalue weighted by Crippen LogP contribution is 2.37. The minimum absolute atomic E-state index is 0.0383. The van der Waals surface area contributed by atoms with E-state index in [1.165, 1.54) is 27.9 Å². The number of halogens is 1. The molecular weight excluding hydrogens is 592 g/mol. The van der Waals surface area contributed by atoms with Gasteiger partial charge in [-0.3, -0.25) is 0 Å². The number of carbonyl (C=O) groups is 1. The summed E-state index contributed by atoms with van der Waals surface area (Å²) in [6.45, 7) is 2.15. The van der Waals surface area contributed by atoms with E-state index in [4.69, 9.17) is 16.3 Å². The van der Waals surface area contributed by atoms with Gasteiger partial charge in [0.2, 0.25) is 0 Å². The number of hydrogen-bond donors (Lipinski definition) is 2. The molecule has 1 heterocycles. The third-order valence-corrected chi connectivity index (χ3v) is 8.60. The molecular formula is C40H37ClN2O3. The van der Waals surface area contributed by atoms with Crippen molar-refractivity contribution in [3.8, 4) is 5.75 Å². The third kappa shape index (κ3) is 7.34. The normalized spacial score (nSPS) is 11.3. The van der Waals surface area contributed by atoms with E-state index in [9.17, 15) is 9.90 Å². The van der Waals surface area contributed by atoms with Crippen LogP contribution in [0.4, 0.5) is 0 Å². The Morgan fingerprint density at radius 1 is 0.739 bits per heavy atom. The van der Waals surface area contributed by atoms with E-state index < -0.39 is 5.97 Å². The lowest BCUT2D eigenvalue weighted by Gasteiger charge is -2.25. The van der Waals surface area contributed by atoms with Crippen molar-refractivity contribution in [1.82, 2.24) is 9.88 Å². The number of benzene rings is 5. The molecule has 5 aromatic carbocycles. The van der Waals surface area contributed by atoms with Gasteiger partial charge in [-0.1, -0.05) is 103 Å². The molecule has 0 saturated carbocycles. The van der Waals surface area contributed by atoms with Crippen LogP contribution in [0.15, 0.2) is 133 Å². The van der Waals surface area contributed by atoms with Crippen LogP contribution in [-0.2, 0) is 19.3 Å². The van der Waals surface area contributed by atoms with Crippen LogP contribution in [0.5, 0.6) is 5.75 Å². The third-order valence-electron chi connectivity index (χ3n) is 8.37. The summed E-state index contributed by atoms with van der Waals surface area (Å²) >= 11 is 6.64. The first-order valence-corrected chi connectivity index (χ1v) is 16.1. The zero-order valence-electron chi connectivity index (χ0n) is 25.6. The summed E-state index contributed by atoms with van der Waals surface area (Å²) in [5.74, 6) is -0.313. The average Bonchev–Trinajstić information content (AvgIpc) is 3.38. The minimum atomic E-state index is -0.954. The largest absolute Gasteiger partial charge is 0.493 e. The highest BCUT2D eigenvalue weighted by molar-refractivity contribution is 6.31. The summed E-state index contributed by atoms with van der Waals surface area (Å²) in [5, 5.41) is 14.8. The Bertz CT molecular complexity index is 1830. The Kier molecular flexibility index (Phi) is 10.1. The number of carboxylic acids is 1. The zero-order valence-corrected chi connectivity index (χ0v) is 26.4. The van der Waals surface area contributed by atoms with Crippen molar-refractivity contribution in [3.05, 3.63) is 172 Å². The Morgan fingerprint density at radius 3 is 1.98 bits per heavy atom. The quantitative estimate of drug-likeness (QED) is 0.119. The van der Waals surface area contributed by atoms with Crippen molar-refractivity contribution in [2.45, 2.75) is 25.3 Å². The number of nitrogens with zero attached hydrogens (tertiary/aromatic N) is 1. The van der Waals surface area contributed by atoms with Gasteiger partial charge in [0, 0.05) is 41.0 Å². The van der Waals surface area contributed by atoms with E-state index in [2.05, 4.69) is 107 Å². The maximum Gasteiger partial charge on any atom is 0.335 e. The maximum absolute atomic E-state index is 11.3. The van der Waals surface area contributed by atoms with E-state index >= 15 is 0 Å². The summed E-state index contributed by atoms with van der Waals surface area (Å²) in [4.78, 5) is 11.3. The molecule has 0 aliphatic rings. The van der Waals surface area contributed by atoms with Crippen molar-refractivity contribution in [1.29, 1.82) is 0 Å². The van der Waals surface area contributed by atoms with Gasteiger partial charge in [0.25, 0.3) is 0 Å². The fourth-order valence-electron chi connectivity index (χ4n) is 6.19. The summed E-state index contributed by atoms with van der Waals surface area (Å²) in [7, 11) is 0. The van der Waals surface area contributed by atoms with Crippen LogP contribution in [0.25, 0.3) is 10.9 Å². The van der Waals surface area contributed by atoms with E-state index in [0.29, 0.717) is 23.8 Å². The lowest BCUT2D eigenvalue weighted by Crippen LogP contribution is -2.23. The second kappa shape index (κ2) is 15.0. The second-order valence-electron chi connectivity index (χ2n) is 11.3. The molecule has 0 radical (unpaired) electrons. The molecule has 1 aromatic heterocycles. The van der Waals surface area contributed by atoms with Crippen LogP contribution in [0.2, 0.25) is 5.02 Å². The smallest absolute Gasteiger partial charge is 0.335 e. The van der Waals surface area contributed by atoms with Gasteiger partial charge in [-0.15, -0.1) is 0 Å². The lowest BCUT2D eigenvalue weighted by molar-refractivity contribution is 0.0697. The zero-order chi connectivity index (χ0) is 31.7. The summed E-state index contributed by atoms with van der Waals surface area (Å²) < 4.78 is 8.65. The number of aromatic nitrogens is 1. The van der Waals surface area contributed by atoms with E-state index in [-0.39, 0.29) is 11.6 Å². The van der Waals surface area contributed by atoms with Crippen molar-refractivity contribution >= 4 is 28.5 Å². The van der Waals surface area contributed by atoms with E-state index in [0.717, 1.165) is 36.8 Å². The molecule has 2 N–H and O–H groups in total. The van der Waals surface area contributed by atoms with Crippen LogP contribution in [0, 0.1) is 0 Å². The molecule has 232 valence electrons. The van der Waals surface area contributed by atoms with E-state index in [1.54, 1.807) is 24.3 Å². The van der Waals surface area contributed by atoms with Gasteiger partial charge >= 0.3 is 5.97 Å². The van der Waals surface area contributed by atoms with Crippen molar-refractivity contribution in [3.63, 3.8) is 0 Å². The van der Waals surface area contributed by atoms with Gasteiger partial charge in [0.15, 0.2) is 0 Å². The molecule has 0 bridgehead atoms. The predicted molar refractivity (Wildman–Crippen MR) is 186 cm³/mol. The molecule has 46 heavy (non-hydrogen) atoms. The first-order chi connectivity index (χ1) is 22.6. The van der Waals surface area contributed by atoms with Crippen molar-refractivity contribution in [2.75, 3.05) is 19.7 Å². The molecule has 0 atom stereocenters. The standard InChI is InChI=1S/C40H37ClN2O3/c41-33-18-21-37-36(28-33)35(24-27-46-34-19-16-32(17-20-34)40(44)45)38(23-26-42-25-22-29-10-4-1-5-11-29)43(37)39(30-12-6-2-7-13-30)31-14-8-3-9-15-31/h1-21,28,39,42H,22-27H2,(H,44,45). The Labute approximate surface area is 275 Å². The highest BCUT2D eigenvalue weighted by atomic mass is 35.5. The van der Waals surface area contributed by atoms with Crippen LogP contribution < -0.4 is 10.1 Å². The Balaban J connectivity index is 1.37. The minimum Gasteiger partial charge on any atom is -0.493 e. The van der Waals surface area contributed by atoms with Crippen molar-refractivity contribution in [2.24, 2.45) is 0 Å². The van der Waals surface area contributed by atoms with Gasteiger partial charge in [-0.25, -0.2) is 4.79 Å². The number of rotatable bonds is 14. The van der Waals surface area contributed by atoms with Crippen molar-refractivity contribution < 1.29 is 14.6 Å². The Morgan fingerprint density at radius 2 is 1.35 bits per heavy atom. The highest BCUT2D eigenvalue weighted by Gasteiger charge is 2.25. The predicted octanol–water partition coefficient (Wildman–Crippen LogP) is 8.63.